The second-order valence-electron chi connectivity index (χ2n) is 7.40. The average Bonchev–Trinajstić information content (AvgIpc) is 2.77. The summed E-state index contributed by atoms with van der Waals surface area (Å²) >= 11 is 0. The minimum Gasteiger partial charge on any atom is -0.508 e. The molecule has 0 aliphatic heterocycles. The van der Waals surface area contributed by atoms with Gasteiger partial charge in [0.25, 0.3) is 0 Å². The lowest BCUT2D eigenvalue weighted by atomic mass is 9.71. The van der Waals surface area contributed by atoms with Crippen molar-refractivity contribution in [2.75, 3.05) is 0 Å². The molecule has 108 valence electrons. The molecular weight excluding hydrogens is 252 g/mol. The number of hydrogen-bond acceptors (Lipinski definition) is 3. The van der Waals surface area contributed by atoms with Crippen molar-refractivity contribution in [2.45, 2.75) is 46.1 Å². The topological polar surface area (TPSA) is 46.5 Å². The number of aromatic hydroxyl groups is 1. The van der Waals surface area contributed by atoms with Crippen molar-refractivity contribution in [1.82, 2.24) is 0 Å². The summed E-state index contributed by atoms with van der Waals surface area (Å²) in [7, 11) is 0. The number of phenols is 1. The van der Waals surface area contributed by atoms with Gasteiger partial charge in [0.05, 0.1) is 5.56 Å². The van der Waals surface area contributed by atoms with Crippen LogP contribution in [0.1, 0.15) is 50.4 Å². The molecule has 1 aromatic carbocycles. The van der Waals surface area contributed by atoms with Gasteiger partial charge in [-0.15, -0.1) is 0 Å². The molecule has 0 aromatic heterocycles. The zero-order chi connectivity index (χ0) is 14.5. The number of carbonyl (C=O) groups is 1. The number of phenolic OH excluding ortho intramolecular Hbond substituents is 1. The Balaban J connectivity index is 1.73. The summed E-state index contributed by atoms with van der Waals surface area (Å²) in [5.74, 6) is 0.423. The van der Waals surface area contributed by atoms with Crippen LogP contribution in [0.5, 0.6) is 5.75 Å². The zero-order valence-electron chi connectivity index (χ0n) is 12.3. The van der Waals surface area contributed by atoms with Crippen LogP contribution in [-0.4, -0.2) is 17.2 Å². The van der Waals surface area contributed by atoms with Gasteiger partial charge >= 0.3 is 5.97 Å². The van der Waals surface area contributed by atoms with Gasteiger partial charge in [-0.1, -0.05) is 26.8 Å². The molecule has 3 unspecified atom stereocenters. The van der Waals surface area contributed by atoms with Crippen molar-refractivity contribution in [3.05, 3.63) is 29.8 Å². The van der Waals surface area contributed by atoms with Crippen molar-refractivity contribution in [2.24, 2.45) is 16.7 Å². The lowest BCUT2D eigenvalue weighted by Gasteiger charge is -2.38. The van der Waals surface area contributed by atoms with Crippen LogP contribution in [0.3, 0.4) is 0 Å². The molecule has 3 rings (SSSR count). The Morgan fingerprint density at radius 1 is 1.35 bits per heavy atom. The summed E-state index contributed by atoms with van der Waals surface area (Å²) in [5, 5.41) is 9.44. The van der Waals surface area contributed by atoms with Crippen LogP contribution in [-0.2, 0) is 4.74 Å². The molecule has 2 bridgehead atoms. The first kappa shape index (κ1) is 13.5. The van der Waals surface area contributed by atoms with Crippen LogP contribution in [0, 0.1) is 16.7 Å². The number of benzene rings is 1. The Bertz CT molecular complexity index is 549. The fourth-order valence-electron chi connectivity index (χ4n) is 4.31. The van der Waals surface area contributed by atoms with E-state index in [1.807, 2.05) is 0 Å². The first-order chi connectivity index (χ1) is 9.30. The summed E-state index contributed by atoms with van der Waals surface area (Å²) in [4.78, 5) is 12.2. The molecule has 0 saturated heterocycles. The molecular formula is C17H22O3. The quantitative estimate of drug-likeness (QED) is 0.835. The van der Waals surface area contributed by atoms with Gasteiger partial charge in [0.2, 0.25) is 0 Å². The second kappa shape index (κ2) is 4.24. The highest BCUT2D eigenvalue weighted by Crippen LogP contribution is 2.63. The number of hydrogen-bond donors (Lipinski definition) is 1. The molecule has 0 heterocycles. The Kier molecular flexibility index (Phi) is 2.86. The Hall–Kier alpha value is -1.51. The van der Waals surface area contributed by atoms with Gasteiger partial charge < -0.3 is 9.84 Å². The lowest BCUT2D eigenvalue weighted by molar-refractivity contribution is -0.0221. The molecule has 3 heteroatoms. The van der Waals surface area contributed by atoms with Gasteiger partial charge in [0, 0.05) is 5.41 Å². The average molecular weight is 274 g/mol. The van der Waals surface area contributed by atoms with Gasteiger partial charge in [-0.2, -0.15) is 0 Å². The molecule has 2 saturated carbocycles. The van der Waals surface area contributed by atoms with Crippen molar-refractivity contribution in [3.8, 4) is 5.75 Å². The second-order valence-corrected chi connectivity index (χ2v) is 7.40. The van der Waals surface area contributed by atoms with Crippen molar-refractivity contribution in [3.63, 3.8) is 0 Å². The third kappa shape index (κ3) is 2.09. The molecule has 2 aliphatic rings. The van der Waals surface area contributed by atoms with E-state index in [4.69, 9.17) is 4.74 Å². The van der Waals surface area contributed by atoms with Gasteiger partial charge in [0.1, 0.15) is 11.9 Å². The highest BCUT2D eigenvalue weighted by atomic mass is 16.5. The maximum Gasteiger partial charge on any atom is 0.338 e. The standard InChI is InChI=1S/C17H22O3/c1-16(2)10-17(3)9-12(16)8-14(17)20-15(19)11-5-4-6-13(18)7-11/h4-7,12,14,18H,8-10H2,1-3H3. The summed E-state index contributed by atoms with van der Waals surface area (Å²) in [5.41, 5.74) is 0.902. The van der Waals surface area contributed by atoms with Crippen LogP contribution in [0.2, 0.25) is 0 Å². The number of ether oxygens (including phenoxy) is 1. The van der Waals surface area contributed by atoms with E-state index >= 15 is 0 Å². The zero-order valence-corrected chi connectivity index (χ0v) is 12.3. The van der Waals surface area contributed by atoms with E-state index in [9.17, 15) is 9.90 Å². The number of fused-ring (bicyclic) bond motifs is 2. The molecule has 0 radical (unpaired) electrons. The van der Waals surface area contributed by atoms with E-state index in [1.165, 1.54) is 6.07 Å². The fraction of sp³-hybridized carbons (Fsp3) is 0.588. The first-order valence-electron chi connectivity index (χ1n) is 7.30. The smallest absolute Gasteiger partial charge is 0.338 e. The summed E-state index contributed by atoms with van der Waals surface area (Å²) in [6, 6.07) is 6.36. The van der Waals surface area contributed by atoms with E-state index in [-0.39, 0.29) is 23.2 Å². The molecule has 0 amide bonds. The molecule has 2 fully saturated rings. The molecule has 1 aromatic rings. The summed E-state index contributed by atoms with van der Waals surface area (Å²) < 4.78 is 5.73. The minimum atomic E-state index is -0.322. The molecule has 3 nitrogen and oxygen atoms in total. The highest BCUT2D eigenvalue weighted by molar-refractivity contribution is 5.90. The Morgan fingerprint density at radius 2 is 2.10 bits per heavy atom. The fourth-order valence-corrected chi connectivity index (χ4v) is 4.31. The van der Waals surface area contributed by atoms with Crippen molar-refractivity contribution < 1.29 is 14.6 Å². The lowest BCUT2D eigenvalue weighted by Crippen LogP contribution is -2.37. The van der Waals surface area contributed by atoms with E-state index < -0.39 is 0 Å². The van der Waals surface area contributed by atoms with Gasteiger partial charge in [-0.25, -0.2) is 4.79 Å². The van der Waals surface area contributed by atoms with Gasteiger partial charge in [0.15, 0.2) is 0 Å². The highest BCUT2D eigenvalue weighted by Gasteiger charge is 2.58. The van der Waals surface area contributed by atoms with Crippen molar-refractivity contribution in [1.29, 1.82) is 0 Å². The van der Waals surface area contributed by atoms with Crippen LogP contribution in [0.4, 0.5) is 0 Å². The number of esters is 1. The van der Waals surface area contributed by atoms with Crippen LogP contribution >= 0.6 is 0 Å². The van der Waals surface area contributed by atoms with Gasteiger partial charge in [-0.05, 0) is 48.8 Å². The summed E-state index contributed by atoms with van der Waals surface area (Å²) in [6.07, 6.45) is 3.24. The van der Waals surface area contributed by atoms with Crippen molar-refractivity contribution >= 4 is 5.97 Å². The van der Waals surface area contributed by atoms with E-state index in [1.54, 1.807) is 18.2 Å². The normalized spacial score (nSPS) is 34.1. The monoisotopic (exact) mass is 274 g/mol. The maximum absolute atomic E-state index is 12.2. The SMILES string of the molecule is CC1(C)CC2(C)CC1CC2OC(=O)c1cccc(O)c1. The molecule has 2 aliphatic carbocycles. The Morgan fingerprint density at radius 3 is 2.65 bits per heavy atom. The number of carbonyl (C=O) groups excluding carboxylic acids is 1. The third-order valence-electron chi connectivity index (χ3n) is 5.28. The van der Waals surface area contributed by atoms with E-state index in [0.717, 1.165) is 19.3 Å². The number of rotatable bonds is 2. The minimum absolute atomic E-state index is 0.00961. The van der Waals surface area contributed by atoms with Crippen LogP contribution < -0.4 is 0 Å². The molecule has 3 atom stereocenters. The maximum atomic E-state index is 12.2. The van der Waals surface area contributed by atoms with Gasteiger partial charge in [-0.3, -0.25) is 0 Å². The predicted octanol–water partition coefficient (Wildman–Crippen LogP) is 3.76. The van der Waals surface area contributed by atoms with E-state index in [0.29, 0.717) is 16.9 Å². The van der Waals surface area contributed by atoms with Crippen LogP contribution in [0.15, 0.2) is 24.3 Å². The third-order valence-corrected chi connectivity index (χ3v) is 5.28. The Labute approximate surface area is 120 Å². The first-order valence-corrected chi connectivity index (χ1v) is 7.30. The largest absolute Gasteiger partial charge is 0.508 e. The molecule has 20 heavy (non-hydrogen) atoms. The molecule has 1 N–H and O–H groups in total. The summed E-state index contributed by atoms with van der Waals surface area (Å²) in [6.45, 7) is 6.87. The molecule has 0 spiro atoms. The van der Waals surface area contributed by atoms with E-state index in [2.05, 4.69) is 20.8 Å². The predicted molar refractivity (Wildman–Crippen MR) is 76.5 cm³/mol. The van der Waals surface area contributed by atoms with Crippen LogP contribution in [0.25, 0.3) is 0 Å².